The molecule has 0 aliphatic rings. The van der Waals surface area contributed by atoms with Gasteiger partial charge in [0, 0.05) is 6.54 Å². The van der Waals surface area contributed by atoms with Crippen LogP contribution in [0.25, 0.3) is 0 Å². The molecule has 0 atom stereocenters. The lowest BCUT2D eigenvalue weighted by Gasteiger charge is -2.18. The van der Waals surface area contributed by atoms with E-state index in [0.717, 1.165) is 11.0 Å². The smallest absolute Gasteiger partial charge is 0.294 e. The lowest BCUT2D eigenvalue weighted by atomic mass is 10.1. The molecule has 0 aromatic heterocycles. The highest BCUT2D eigenvalue weighted by atomic mass is 19.4. The van der Waals surface area contributed by atoms with Crippen LogP contribution in [0.5, 0.6) is 0 Å². The highest BCUT2D eigenvalue weighted by Crippen LogP contribution is 2.17. The Morgan fingerprint density at radius 3 is 2.53 bits per heavy atom. The van der Waals surface area contributed by atoms with Crippen LogP contribution >= 0.6 is 0 Å². The zero-order valence-electron chi connectivity index (χ0n) is 9.05. The van der Waals surface area contributed by atoms with E-state index in [9.17, 15) is 17.6 Å². The van der Waals surface area contributed by atoms with Crippen molar-refractivity contribution in [2.75, 3.05) is 13.6 Å². The first-order valence-electron chi connectivity index (χ1n) is 4.75. The van der Waals surface area contributed by atoms with E-state index in [0.29, 0.717) is 5.56 Å². The fourth-order valence-electron chi connectivity index (χ4n) is 1.43. The maximum atomic E-state index is 13.0. The van der Waals surface area contributed by atoms with Gasteiger partial charge in [0.25, 0.3) is 0 Å². The SMILES string of the molecule is CN(Cc1ccc(F)c(C#N)c1)CC(F)(F)F. The number of hydrogen-bond acceptors (Lipinski definition) is 2. The quantitative estimate of drug-likeness (QED) is 0.767. The van der Waals surface area contributed by atoms with Crippen molar-refractivity contribution >= 4 is 0 Å². The Hall–Kier alpha value is -1.61. The Labute approximate surface area is 96.1 Å². The average Bonchev–Trinajstić information content (AvgIpc) is 2.18. The van der Waals surface area contributed by atoms with Crippen molar-refractivity contribution in [3.63, 3.8) is 0 Å². The predicted molar refractivity (Wildman–Crippen MR) is 53.5 cm³/mol. The van der Waals surface area contributed by atoms with Crippen LogP contribution in [0.2, 0.25) is 0 Å². The van der Waals surface area contributed by atoms with Crippen LogP contribution in [0.3, 0.4) is 0 Å². The molecule has 0 radical (unpaired) electrons. The summed E-state index contributed by atoms with van der Waals surface area (Å²) in [6, 6.07) is 5.34. The van der Waals surface area contributed by atoms with Crippen LogP contribution in [0.15, 0.2) is 18.2 Å². The normalized spacial score (nSPS) is 11.6. The summed E-state index contributed by atoms with van der Waals surface area (Å²) in [5.41, 5.74) is 0.303. The summed E-state index contributed by atoms with van der Waals surface area (Å²) in [4.78, 5) is 1.05. The van der Waals surface area contributed by atoms with Crippen LogP contribution in [0.4, 0.5) is 17.6 Å². The Bertz CT molecular complexity index is 434. The second-order valence-corrected chi connectivity index (χ2v) is 3.71. The highest BCUT2D eigenvalue weighted by molar-refractivity contribution is 5.34. The molecule has 6 heteroatoms. The first kappa shape index (κ1) is 13.5. The maximum absolute atomic E-state index is 13.0. The van der Waals surface area contributed by atoms with E-state index < -0.39 is 18.5 Å². The molecule has 0 saturated carbocycles. The molecular weight excluding hydrogens is 236 g/mol. The van der Waals surface area contributed by atoms with Gasteiger partial charge in [0.2, 0.25) is 0 Å². The van der Waals surface area contributed by atoms with E-state index in [4.69, 9.17) is 5.26 Å². The molecule has 1 aromatic carbocycles. The van der Waals surface area contributed by atoms with Crippen LogP contribution in [-0.4, -0.2) is 24.7 Å². The average molecular weight is 246 g/mol. The molecule has 1 aromatic rings. The molecule has 2 nitrogen and oxygen atoms in total. The molecule has 17 heavy (non-hydrogen) atoms. The lowest BCUT2D eigenvalue weighted by molar-refractivity contribution is -0.144. The second kappa shape index (κ2) is 5.15. The lowest BCUT2D eigenvalue weighted by Crippen LogP contribution is -2.30. The molecule has 0 saturated heterocycles. The van der Waals surface area contributed by atoms with Crippen molar-refractivity contribution in [2.45, 2.75) is 12.7 Å². The van der Waals surface area contributed by atoms with Gasteiger partial charge >= 0.3 is 6.18 Å². The topological polar surface area (TPSA) is 27.0 Å². The van der Waals surface area contributed by atoms with Gasteiger partial charge in [-0.15, -0.1) is 0 Å². The van der Waals surface area contributed by atoms with Gasteiger partial charge in [-0.05, 0) is 24.7 Å². The minimum atomic E-state index is -4.27. The summed E-state index contributed by atoms with van der Waals surface area (Å²) in [6.07, 6.45) is -4.27. The summed E-state index contributed by atoms with van der Waals surface area (Å²) in [5, 5.41) is 8.58. The van der Waals surface area contributed by atoms with E-state index in [1.165, 1.54) is 19.2 Å². The van der Waals surface area contributed by atoms with E-state index in [2.05, 4.69) is 0 Å². The fraction of sp³-hybridized carbons (Fsp3) is 0.364. The van der Waals surface area contributed by atoms with Gasteiger partial charge in [-0.3, -0.25) is 4.90 Å². The largest absolute Gasteiger partial charge is 0.401 e. The molecule has 0 N–H and O–H groups in total. The number of hydrogen-bond donors (Lipinski definition) is 0. The number of nitriles is 1. The van der Waals surface area contributed by atoms with Crippen molar-refractivity contribution in [3.05, 3.63) is 35.1 Å². The standard InChI is InChI=1S/C11H10F4N2/c1-17(7-11(13,14)15)6-8-2-3-10(12)9(4-8)5-16/h2-4H,6-7H2,1H3. The number of halogens is 4. The third-order valence-corrected chi connectivity index (χ3v) is 2.05. The van der Waals surface area contributed by atoms with E-state index in [1.54, 1.807) is 6.07 Å². The first-order chi connectivity index (χ1) is 7.81. The first-order valence-corrected chi connectivity index (χ1v) is 4.75. The summed E-state index contributed by atoms with van der Waals surface area (Å²) in [5.74, 6) is -0.672. The van der Waals surface area contributed by atoms with E-state index >= 15 is 0 Å². The second-order valence-electron chi connectivity index (χ2n) is 3.71. The van der Waals surface area contributed by atoms with Crippen LogP contribution in [-0.2, 0) is 6.54 Å². The van der Waals surface area contributed by atoms with Gasteiger partial charge in [0.05, 0.1) is 12.1 Å². The summed E-state index contributed by atoms with van der Waals surface area (Å²) in [7, 11) is 1.31. The number of nitrogens with zero attached hydrogens (tertiary/aromatic N) is 2. The van der Waals surface area contributed by atoms with Crippen LogP contribution in [0.1, 0.15) is 11.1 Å². The third-order valence-electron chi connectivity index (χ3n) is 2.05. The molecule has 0 aliphatic heterocycles. The summed E-state index contributed by atoms with van der Waals surface area (Å²) < 4.78 is 49.2. The highest BCUT2D eigenvalue weighted by Gasteiger charge is 2.29. The van der Waals surface area contributed by atoms with Gasteiger partial charge < -0.3 is 0 Å². The Balaban J connectivity index is 2.73. The number of rotatable bonds is 3. The van der Waals surface area contributed by atoms with Crippen LogP contribution in [0, 0.1) is 17.1 Å². The van der Waals surface area contributed by atoms with Gasteiger partial charge in [0.1, 0.15) is 11.9 Å². The minimum Gasteiger partial charge on any atom is -0.294 e. The van der Waals surface area contributed by atoms with Crippen molar-refractivity contribution < 1.29 is 17.6 Å². The molecule has 0 heterocycles. The van der Waals surface area contributed by atoms with Gasteiger partial charge in [0.15, 0.2) is 0 Å². The third kappa shape index (κ3) is 4.41. The van der Waals surface area contributed by atoms with Crippen LogP contribution < -0.4 is 0 Å². The predicted octanol–water partition coefficient (Wildman–Crippen LogP) is 2.69. The van der Waals surface area contributed by atoms with Crippen molar-refractivity contribution in [1.29, 1.82) is 5.26 Å². The molecule has 0 spiro atoms. The molecule has 1 rings (SSSR count). The molecule has 0 aliphatic carbocycles. The van der Waals surface area contributed by atoms with E-state index in [-0.39, 0.29) is 12.1 Å². The number of benzene rings is 1. The van der Waals surface area contributed by atoms with Gasteiger partial charge in [-0.2, -0.15) is 18.4 Å². The molecule has 0 bridgehead atoms. The maximum Gasteiger partial charge on any atom is 0.401 e. The van der Waals surface area contributed by atoms with Crippen molar-refractivity contribution in [2.24, 2.45) is 0 Å². The Kier molecular flexibility index (Phi) is 4.07. The molecule has 0 unspecified atom stereocenters. The number of alkyl halides is 3. The molecule has 0 fully saturated rings. The van der Waals surface area contributed by atoms with E-state index in [1.807, 2.05) is 0 Å². The van der Waals surface area contributed by atoms with Crippen molar-refractivity contribution in [1.82, 2.24) is 4.90 Å². The monoisotopic (exact) mass is 246 g/mol. The fourth-order valence-corrected chi connectivity index (χ4v) is 1.43. The zero-order chi connectivity index (χ0) is 13.1. The Morgan fingerprint density at radius 2 is 2.00 bits per heavy atom. The summed E-state index contributed by atoms with van der Waals surface area (Å²) >= 11 is 0. The zero-order valence-corrected chi connectivity index (χ0v) is 9.05. The Morgan fingerprint density at radius 1 is 1.35 bits per heavy atom. The van der Waals surface area contributed by atoms with Gasteiger partial charge in [-0.25, -0.2) is 4.39 Å². The molecular formula is C11H10F4N2. The molecule has 0 amide bonds. The van der Waals surface area contributed by atoms with Crippen molar-refractivity contribution in [3.8, 4) is 6.07 Å². The molecule has 92 valence electrons. The summed E-state index contributed by atoms with van der Waals surface area (Å²) in [6.45, 7) is -1.04. The minimum absolute atomic E-state index is 0.00840. The van der Waals surface area contributed by atoms with Gasteiger partial charge in [-0.1, -0.05) is 6.07 Å².